The predicted molar refractivity (Wildman–Crippen MR) is 66.3 cm³/mol. The van der Waals surface area contributed by atoms with E-state index in [9.17, 15) is 0 Å². The van der Waals surface area contributed by atoms with Gasteiger partial charge in [-0.15, -0.1) is 0 Å². The van der Waals surface area contributed by atoms with Gasteiger partial charge in [-0.1, -0.05) is 29.3 Å². The highest BCUT2D eigenvalue weighted by molar-refractivity contribution is 6.35. The monoisotopic (exact) mass is 268 g/mol. The minimum atomic E-state index is -0.340. The van der Waals surface area contributed by atoms with Crippen LogP contribution in [0.1, 0.15) is 5.56 Å². The molecule has 1 aliphatic rings. The lowest BCUT2D eigenvalue weighted by Gasteiger charge is -2.14. The average molecular weight is 269 g/mol. The smallest absolute Gasteiger partial charge is 0.137 e. The highest BCUT2D eigenvalue weighted by Gasteiger charge is 2.48. The molecule has 17 heavy (non-hydrogen) atoms. The number of halogens is 2. The molecule has 3 nitrogen and oxygen atoms in total. The van der Waals surface area contributed by atoms with Crippen molar-refractivity contribution in [1.82, 2.24) is 9.78 Å². The van der Waals surface area contributed by atoms with Crippen LogP contribution in [0.5, 0.6) is 0 Å². The number of ether oxygens (including phenoxy) is 1. The van der Waals surface area contributed by atoms with E-state index in [2.05, 4.69) is 5.10 Å². The molecule has 0 N–H and O–H groups in total. The van der Waals surface area contributed by atoms with Crippen LogP contribution in [-0.2, 0) is 16.9 Å². The second-order valence-electron chi connectivity index (χ2n) is 4.11. The lowest BCUT2D eigenvalue weighted by atomic mass is 10.00. The zero-order valence-corrected chi connectivity index (χ0v) is 10.4. The van der Waals surface area contributed by atoms with E-state index in [1.54, 1.807) is 12.3 Å². The van der Waals surface area contributed by atoms with Crippen molar-refractivity contribution in [2.75, 3.05) is 6.61 Å². The van der Waals surface area contributed by atoms with Crippen molar-refractivity contribution in [1.29, 1.82) is 0 Å². The molecule has 2 aromatic rings. The Bertz CT molecular complexity index is 535. The minimum absolute atomic E-state index is 0.340. The maximum atomic E-state index is 6.20. The number of aromatic nitrogens is 2. The molecule has 2 heterocycles. The Morgan fingerprint density at radius 1 is 1.41 bits per heavy atom. The first-order chi connectivity index (χ1) is 8.20. The quantitative estimate of drug-likeness (QED) is 0.801. The van der Waals surface area contributed by atoms with Gasteiger partial charge in [0.05, 0.1) is 13.2 Å². The van der Waals surface area contributed by atoms with E-state index in [4.69, 9.17) is 27.9 Å². The number of rotatable bonds is 3. The van der Waals surface area contributed by atoms with Gasteiger partial charge in [-0.05, 0) is 18.2 Å². The van der Waals surface area contributed by atoms with E-state index in [1.807, 2.05) is 29.1 Å². The number of hydrogen-bond acceptors (Lipinski definition) is 2. The molecule has 0 amide bonds. The first-order valence-corrected chi connectivity index (χ1v) is 6.02. The summed E-state index contributed by atoms with van der Waals surface area (Å²) >= 11 is 12.1. The third-order valence-corrected chi connectivity index (χ3v) is 3.44. The van der Waals surface area contributed by atoms with Gasteiger partial charge >= 0.3 is 0 Å². The standard InChI is InChI=1S/C12H10Cl2N2O/c13-9-2-3-10(11(14)6-9)12(8-17-12)7-16-5-1-4-15-16/h1-6H,7-8H2. The lowest BCUT2D eigenvalue weighted by Crippen LogP contribution is -2.18. The van der Waals surface area contributed by atoms with Crippen molar-refractivity contribution in [2.45, 2.75) is 12.1 Å². The molecule has 1 fully saturated rings. The molecular weight excluding hydrogens is 259 g/mol. The first-order valence-electron chi connectivity index (χ1n) is 5.27. The Morgan fingerprint density at radius 3 is 2.82 bits per heavy atom. The molecule has 1 aromatic carbocycles. The Hall–Kier alpha value is -1.03. The highest BCUT2D eigenvalue weighted by Crippen LogP contribution is 2.43. The largest absolute Gasteiger partial charge is 0.362 e. The van der Waals surface area contributed by atoms with E-state index in [0.717, 1.165) is 5.56 Å². The normalized spacial score (nSPS) is 22.7. The minimum Gasteiger partial charge on any atom is -0.362 e. The van der Waals surface area contributed by atoms with Gasteiger partial charge in [0.15, 0.2) is 0 Å². The fourth-order valence-corrected chi connectivity index (χ4v) is 2.51. The highest BCUT2D eigenvalue weighted by atomic mass is 35.5. The first kappa shape index (κ1) is 11.1. The summed E-state index contributed by atoms with van der Waals surface area (Å²) in [5.41, 5.74) is 0.632. The number of benzene rings is 1. The van der Waals surface area contributed by atoms with Gasteiger partial charge < -0.3 is 4.74 Å². The van der Waals surface area contributed by atoms with E-state index < -0.39 is 0 Å². The van der Waals surface area contributed by atoms with Gasteiger partial charge in [0.1, 0.15) is 5.60 Å². The molecule has 1 unspecified atom stereocenters. The van der Waals surface area contributed by atoms with E-state index in [1.165, 1.54) is 0 Å². The average Bonchev–Trinajstić information content (AvgIpc) is 2.86. The Balaban J connectivity index is 1.92. The maximum absolute atomic E-state index is 6.20. The van der Waals surface area contributed by atoms with Crippen LogP contribution in [0.25, 0.3) is 0 Å². The lowest BCUT2D eigenvalue weighted by molar-refractivity contribution is 0.269. The van der Waals surface area contributed by atoms with Crippen LogP contribution in [0.4, 0.5) is 0 Å². The Kier molecular flexibility index (Phi) is 2.62. The van der Waals surface area contributed by atoms with Crippen LogP contribution in [0.15, 0.2) is 36.7 Å². The molecule has 3 rings (SSSR count). The van der Waals surface area contributed by atoms with Crippen molar-refractivity contribution >= 4 is 23.2 Å². The molecule has 1 saturated heterocycles. The Labute approximate surface area is 109 Å². The molecule has 1 atom stereocenters. The van der Waals surface area contributed by atoms with Crippen molar-refractivity contribution in [3.05, 3.63) is 52.3 Å². The van der Waals surface area contributed by atoms with Crippen molar-refractivity contribution in [3.63, 3.8) is 0 Å². The van der Waals surface area contributed by atoms with Crippen LogP contribution in [-0.4, -0.2) is 16.4 Å². The second kappa shape index (κ2) is 4.02. The van der Waals surface area contributed by atoms with Crippen molar-refractivity contribution in [2.24, 2.45) is 0 Å². The van der Waals surface area contributed by atoms with Crippen LogP contribution in [0.2, 0.25) is 10.0 Å². The van der Waals surface area contributed by atoms with Crippen LogP contribution >= 0.6 is 23.2 Å². The number of epoxide rings is 1. The molecule has 1 aromatic heterocycles. The van der Waals surface area contributed by atoms with Crippen LogP contribution < -0.4 is 0 Å². The SMILES string of the molecule is Clc1ccc(C2(Cn3cccn3)CO2)c(Cl)c1. The maximum Gasteiger partial charge on any atom is 0.137 e. The molecule has 88 valence electrons. The summed E-state index contributed by atoms with van der Waals surface area (Å²) in [6, 6.07) is 7.38. The molecule has 0 bridgehead atoms. The summed E-state index contributed by atoms with van der Waals surface area (Å²) in [6.45, 7) is 1.33. The third-order valence-electron chi connectivity index (χ3n) is 2.89. The molecular formula is C12H10Cl2N2O. The Morgan fingerprint density at radius 2 is 2.24 bits per heavy atom. The van der Waals surface area contributed by atoms with Gasteiger partial charge in [0, 0.05) is 28.0 Å². The van der Waals surface area contributed by atoms with Crippen molar-refractivity contribution in [3.8, 4) is 0 Å². The van der Waals surface area contributed by atoms with Gasteiger partial charge in [0.25, 0.3) is 0 Å². The molecule has 0 aliphatic carbocycles. The van der Waals surface area contributed by atoms with Gasteiger partial charge in [-0.2, -0.15) is 5.10 Å². The summed E-state index contributed by atoms with van der Waals surface area (Å²) in [4.78, 5) is 0. The summed E-state index contributed by atoms with van der Waals surface area (Å²) < 4.78 is 7.43. The topological polar surface area (TPSA) is 30.4 Å². The second-order valence-corrected chi connectivity index (χ2v) is 4.95. The number of nitrogens with zero attached hydrogens (tertiary/aromatic N) is 2. The molecule has 0 spiro atoms. The summed E-state index contributed by atoms with van der Waals surface area (Å²) in [5.74, 6) is 0. The molecule has 5 heteroatoms. The summed E-state index contributed by atoms with van der Waals surface area (Å²) in [6.07, 6.45) is 3.66. The van der Waals surface area contributed by atoms with E-state index in [-0.39, 0.29) is 5.60 Å². The molecule has 0 radical (unpaired) electrons. The molecule has 0 saturated carbocycles. The zero-order valence-electron chi connectivity index (χ0n) is 8.94. The summed E-state index contributed by atoms with van der Waals surface area (Å²) in [5, 5.41) is 5.46. The molecule has 1 aliphatic heterocycles. The van der Waals surface area contributed by atoms with Gasteiger partial charge in [-0.25, -0.2) is 0 Å². The van der Waals surface area contributed by atoms with Gasteiger partial charge in [0.2, 0.25) is 0 Å². The van der Waals surface area contributed by atoms with Gasteiger partial charge in [-0.3, -0.25) is 4.68 Å². The fraction of sp³-hybridized carbons (Fsp3) is 0.250. The zero-order chi connectivity index (χ0) is 11.9. The fourth-order valence-electron chi connectivity index (χ4n) is 1.93. The third kappa shape index (κ3) is 2.06. The van der Waals surface area contributed by atoms with E-state index >= 15 is 0 Å². The van der Waals surface area contributed by atoms with E-state index in [0.29, 0.717) is 23.2 Å². The predicted octanol–water partition coefficient (Wildman–Crippen LogP) is 3.12. The van der Waals surface area contributed by atoms with Crippen molar-refractivity contribution < 1.29 is 4.74 Å². The van der Waals surface area contributed by atoms with Crippen LogP contribution in [0, 0.1) is 0 Å². The van der Waals surface area contributed by atoms with Crippen LogP contribution in [0.3, 0.4) is 0 Å². The number of hydrogen-bond donors (Lipinski definition) is 0. The summed E-state index contributed by atoms with van der Waals surface area (Å²) in [7, 11) is 0.